The summed E-state index contributed by atoms with van der Waals surface area (Å²) in [5.74, 6) is 0. The lowest BCUT2D eigenvalue weighted by atomic mass is 10.0. The zero-order valence-electron chi connectivity index (χ0n) is 5.40. The van der Waals surface area contributed by atoms with Gasteiger partial charge in [0.05, 0.1) is 12.7 Å². The number of hydrogen-bond acceptors (Lipinski definition) is 1. The summed E-state index contributed by atoms with van der Waals surface area (Å²) < 4.78 is 5.53. The maximum absolute atomic E-state index is 5.53. The van der Waals surface area contributed by atoms with E-state index in [0.29, 0.717) is 11.5 Å². The second-order valence-electron chi connectivity index (χ2n) is 3.29. The van der Waals surface area contributed by atoms with Crippen molar-refractivity contribution in [2.75, 3.05) is 11.9 Å². The lowest BCUT2D eigenvalue weighted by Crippen LogP contribution is -2.05. The van der Waals surface area contributed by atoms with Gasteiger partial charge in [-0.25, -0.2) is 0 Å². The van der Waals surface area contributed by atoms with Crippen LogP contribution in [0.1, 0.15) is 19.3 Å². The van der Waals surface area contributed by atoms with Gasteiger partial charge in [-0.15, -0.1) is 0 Å². The van der Waals surface area contributed by atoms with Crippen molar-refractivity contribution in [3.05, 3.63) is 0 Å². The molecule has 52 valence electrons. The summed E-state index contributed by atoms with van der Waals surface area (Å²) in [5.41, 5.74) is 0.665. The van der Waals surface area contributed by atoms with Crippen LogP contribution < -0.4 is 0 Å². The van der Waals surface area contributed by atoms with Crippen LogP contribution in [0, 0.1) is 5.41 Å². The summed E-state index contributed by atoms with van der Waals surface area (Å²) in [6.45, 7) is 1.03. The highest BCUT2D eigenvalue weighted by Gasteiger charge is 2.48. The van der Waals surface area contributed by atoms with Crippen LogP contribution in [0.2, 0.25) is 0 Å². The molecule has 1 aliphatic carbocycles. The van der Waals surface area contributed by atoms with Crippen molar-refractivity contribution in [1.29, 1.82) is 0 Å². The predicted molar refractivity (Wildman–Crippen MR) is 39.8 cm³/mol. The van der Waals surface area contributed by atoms with Gasteiger partial charge in [-0.3, -0.25) is 0 Å². The molecule has 2 heteroatoms. The van der Waals surface area contributed by atoms with Gasteiger partial charge in [0.1, 0.15) is 0 Å². The standard InChI is InChI=1S/C7H11BrO/c8-4-6-3-7(1-2-7)5-9-6/h6H,1-5H2. The van der Waals surface area contributed by atoms with Gasteiger partial charge in [0, 0.05) is 5.33 Å². The van der Waals surface area contributed by atoms with Crippen LogP contribution in [0.4, 0.5) is 0 Å². The molecule has 0 aromatic rings. The second-order valence-corrected chi connectivity index (χ2v) is 3.94. The highest BCUT2D eigenvalue weighted by atomic mass is 79.9. The van der Waals surface area contributed by atoms with Gasteiger partial charge >= 0.3 is 0 Å². The molecule has 2 aliphatic rings. The highest BCUT2D eigenvalue weighted by molar-refractivity contribution is 9.09. The van der Waals surface area contributed by atoms with Crippen molar-refractivity contribution in [1.82, 2.24) is 0 Å². The van der Waals surface area contributed by atoms with Gasteiger partial charge < -0.3 is 4.74 Å². The average Bonchev–Trinajstić information content (AvgIpc) is 2.44. The third-order valence-electron chi connectivity index (χ3n) is 2.42. The van der Waals surface area contributed by atoms with Crippen molar-refractivity contribution in [2.24, 2.45) is 5.41 Å². The molecule has 1 saturated heterocycles. The van der Waals surface area contributed by atoms with Gasteiger partial charge in [0.15, 0.2) is 0 Å². The molecule has 1 spiro atoms. The molecule has 0 bridgehead atoms. The van der Waals surface area contributed by atoms with Crippen LogP contribution in [0.15, 0.2) is 0 Å². The Hall–Kier alpha value is 0.440. The molecular weight excluding hydrogens is 180 g/mol. The molecule has 0 aromatic heterocycles. The van der Waals surface area contributed by atoms with E-state index in [1.807, 2.05) is 0 Å². The molecule has 1 saturated carbocycles. The van der Waals surface area contributed by atoms with Crippen molar-refractivity contribution in [2.45, 2.75) is 25.4 Å². The minimum atomic E-state index is 0.521. The summed E-state index contributed by atoms with van der Waals surface area (Å²) in [7, 11) is 0. The second kappa shape index (κ2) is 1.96. The first-order chi connectivity index (χ1) is 4.35. The van der Waals surface area contributed by atoms with Crippen molar-refractivity contribution >= 4 is 15.9 Å². The van der Waals surface area contributed by atoms with Gasteiger partial charge in [-0.05, 0) is 24.7 Å². The van der Waals surface area contributed by atoms with Crippen molar-refractivity contribution in [3.8, 4) is 0 Å². The molecular formula is C7H11BrO. The van der Waals surface area contributed by atoms with Gasteiger partial charge in [-0.1, -0.05) is 15.9 Å². The summed E-state index contributed by atoms with van der Waals surface area (Å²) in [6, 6.07) is 0. The highest BCUT2D eigenvalue weighted by Crippen LogP contribution is 2.53. The van der Waals surface area contributed by atoms with Gasteiger partial charge in [0.2, 0.25) is 0 Å². The molecule has 0 radical (unpaired) electrons. The number of hydrogen-bond donors (Lipinski definition) is 0. The molecule has 0 amide bonds. The Bertz CT molecular complexity index is 120. The first-order valence-corrected chi connectivity index (χ1v) is 4.64. The van der Waals surface area contributed by atoms with E-state index in [1.54, 1.807) is 0 Å². The van der Waals surface area contributed by atoms with Gasteiger partial charge in [-0.2, -0.15) is 0 Å². The van der Waals surface area contributed by atoms with E-state index in [9.17, 15) is 0 Å². The van der Waals surface area contributed by atoms with E-state index in [0.717, 1.165) is 11.9 Å². The van der Waals surface area contributed by atoms with E-state index in [2.05, 4.69) is 15.9 Å². The van der Waals surface area contributed by atoms with Crippen LogP contribution in [0.25, 0.3) is 0 Å². The van der Waals surface area contributed by atoms with Crippen LogP contribution in [0.3, 0.4) is 0 Å². The monoisotopic (exact) mass is 190 g/mol. The fraction of sp³-hybridized carbons (Fsp3) is 1.00. The third kappa shape index (κ3) is 1.03. The SMILES string of the molecule is BrCC1CC2(CC2)CO1. The number of ether oxygens (including phenoxy) is 1. The van der Waals surface area contributed by atoms with Crippen molar-refractivity contribution in [3.63, 3.8) is 0 Å². The van der Waals surface area contributed by atoms with E-state index in [4.69, 9.17) is 4.74 Å². The van der Waals surface area contributed by atoms with Crippen LogP contribution in [-0.2, 0) is 4.74 Å². The molecule has 1 heterocycles. The van der Waals surface area contributed by atoms with E-state index >= 15 is 0 Å². The third-order valence-corrected chi connectivity index (χ3v) is 3.14. The normalized spacial score (nSPS) is 37.7. The molecule has 2 rings (SSSR count). The largest absolute Gasteiger partial charge is 0.377 e. The first kappa shape index (κ1) is 6.17. The molecule has 9 heavy (non-hydrogen) atoms. The van der Waals surface area contributed by atoms with Crippen LogP contribution in [-0.4, -0.2) is 18.0 Å². The van der Waals surface area contributed by atoms with E-state index in [1.165, 1.54) is 19.3 Å². The predicted octanol–water partition coefficient (Wildman–Crippen LogP) is 1.95. The Morgan fingerprint density at radius 3 is 2.67 bits per heavy atom. The summed E-state index contributed by atoms with van der Waals surface area (Å²) in [4.78, 5) is 0. The lowest BCUT2D eigenvalue weighted by Gasteiger charge is -2.01. The Morgan fingerprint density at radius 2 is 2.33 bits per heavy atom. The minimum Gasteiger partial charge on any atom is -0.377 e. The molecule has 0 aromatic carbocycles. The van der Waals surface area contributed by atoms with Crippen LogP contribution in [0.5, 0.6) is 0 Å². The maximum atomic E-state index is 5.53. The fourth-order valence-electron chi connectivity index (χ4n) is 1.52. The quantitative estimate of drug-likeness (QED) is 0.575. The molecule has 0 N–H and O–H groups in total. The minimum absolute atomic E-state index is 0.521. The van der Waals surface area contributed by atoms with Crippen LogP contribution >= 0.6 is 15.9 Å². The molecule has 1 aliphatic heterocycles. The van der Waals surface area contributed by atoms with E-state index < -0.39 is 0 Å². The Labute approximate surface area is 63.9 Å². The molecule has 2 fully saturated rings. The Morgan fingerprint density at radius 1 is 1.56 bits per heavy atom. The topological polar surface area (TPSA) is 9.23 Å². The first-order valence-electron chi connectivity index (χ1n) is 3.52. The number of halogens is 1. The van der Waals surface area contributed by atoms with Crippen molar-refractivity contribution < 1.29 is 4.74 Å². The molecule has 1 atom stereocenters. The Balaban J connectivity index is 1.93. The average molecular weight is 191 g/mol. The van der Waals surface area contributed by atoms with Gasteiger partial charge in [0.25, 0.3) is 0 Å². The number of alkyl halides is 1. The Kier molecular flexibility index (Phi) is 1.34. The zero-order chi connectivity index (χ0) is 6.32. The smallest absolute Gasteiger partial charge is 0.0678 e. The lowest BCUT2D eigenvalue weighted by molar-refractivity contribution is 0.122. The zero-order valence-corrected chi connectivity index (χ0v) is 6.99. The summed E-state index contributed by atoms with van der Waals surface area (Å²) in [5, 5.41) is 1.02. The molecule has 1 unspecified atom stereocenters. The summed E-state index contributed by atoms with van der Waals surface area (Å²) in [6.07, 6.45) is 4.65. The molecule has 1 nitrogen and oxygen atoms in total. The fourth-order valence-corrected chi connectivity index (χ4v) is 1.94. The summed E-state index contributed by atoms with van der Waals surface area (Å²) >= 11 is 3.43. The van der Waals surface area contributed by atoms with E-state index in [-0.39, 0.29) is 0 Å². The maximum Gasteiger partial charge on any atom is 0.0678 e. The number of rotatable bonds is 1.